The van der Waals surface area contributed by atoms with Gasteiger partial charge in [-0.25, -0.2) is 4.79 Å². The molecular formula is C22H30N2O3. The molecule has 1 aromatic heterocycles. The van der Waals surface area contributed by atoms with Crippen LogP contribution in [-0.2, 0) is 6.42 Å². The first-order chi connectivity index (χ1) is 12.7. The van der Waals surface area contributed by atoms with Crippen LogP contribution in [0.2, 0.25) is 0 Å². The van der Waals surface area contributed by atoms with Crippen LogP contribution in [0, 0.1) is 11.3 Å². The summed E-state index contributed by atoms with van der Waals surface area (Å²) in [6.45, 7) is 8.78. The minimum Gasteiger partial charge on any atom is -0.490 e. The number of hydrogen-bond donors (Lipinski definition) is 2. The second kappa shape index (κ2) is 7.37. The van der Waals surface area contributed by atoms with Crippen molar-refractivity contribution in [3.63, 3.8) is 0 Å². The number of nitrogens with zero attached hydrogens (tertiary/aromatic N) is 1. The molecule has 146 valence electrons. The first kappa shape index (κ1) is 19.5. The van der Waals surface area contributed by atoms with Crippen molar-refractivity contribution in [3.8, 4) is 5.75 Å². The lowest BCUT2D eigenvalue weighted by atomic mass is 9.72. The van der Waals surface area contributed by atoms with Crippen LogP contribution in [0.1, 0.15) is 69.4 Å². The Morgan fingerprint density at radius 1 is 1.26 bits per heavy atom. The highest BCUT2D eigenvalue weighted by Gasteiger charge is 2.31. The van der Waals surface area contributed by atoms with E-state index in [1.807, 2.05) is 25.1 Å². The number of anilines is 1. The molecule has 0 spiro atoms. The van der Waals surface area contributed by atoms with Crippen molar-refractivity contribution in [2.24, 2.45) is 11.3 Å². The molecule has 0 aliphatic heterocycles. The number of ether oxygens (including phenoxy) is 1. The molecule has 2 aromatic rings. The maximum absolute atomic E-state index is 11.7. The molecule has 5 nitrogen and oxygen atoms in total. The van der Waals surface area contributed by atoms with E-state index in [9.17, 15) is 9.90 Å². The first-order valence-electron chi connectivity index (χ1n) is 9.83. The van der Waals surface area contributed by atoms with Crippen molar-refractivity contribution < 1.29 is 14.6 Å². The first-order valence-corrected chi connectivity index (χ1v) is 9.83. The fraction of sp³-hybridized carbons (Fsp3) is 0.545. The Balaban J connectivity index is 1.92. The summed E-state index contributed by atoms with van der Waals surface area (Å²) in [5, 5.41) is 10.2. The van der Waals surface area contributed by atoms with Crippen LogP contribution in [0.15, 0.2) is 18.2 Å². The van der Waals surface area contributed by atoms with Gasteiger partial charge in [0.25, 0.3) is 0 Å². The Labute approximate surface area is 160 Å². The summed E-state index contributed by atoms with van der Waals surface area (Å²) in [5.74, 6) is 0.309. The van der Waals surface area contributed by atoms with E-state index in [0.717, 1.165) is 25.7 Å². The largest absolute Gasteiger partial charge is 0.490 e. The summed E-state index contributed by atoms with van der Waals surface area (Å²) in [6, 6.07) is 5.62. The number of aromatic carboxylic acids is 1. The summed E-state index contributed by atoms with van der Waals surface area (Å²) in [5.41, 5.74) is 8.15. The SMILES string of the molecule is CCc1nc2cccc(O[C@H]3CC[C@H](C(C)(C)C)CC3)c2c(N)c1C(=O)O. The van der Waals surface area contributed by atoms with E-state index < -0.39 is 5.97 Å². The van der Waals surface area contributed by atoms with Gasteiger partial charge in [-0.3, -0.25) is 4.98 Å². The molecule has 0 bridgehead atoms. The number of fused-ring (bicyclic) bond motifs is 1. The van der Waals surface area contributed by atoms with Gasteiger partial charge in [0.1, 0.15) is 11.3 Å². The fourth-order valence-corrected chi connectivity index (χ4v) is 4.18. The van der Waals surface area contributed by atoms with Gasteiger partial charge >= 0.3 is 5.97 Å². The second-order valence-electron chi connectivity index (χ2n) is 8.61. The number of carbonyl (C=O) groups is 1. The van der Waals surface area contributed by atoms with Gasteiger partial charge in [0.2, 0.25) is 0 Å². The van der Waals surface area contributed by atoms with E-state index >= 15 is 0 Å². The van der Waals surface area contributed by atoms with Crippen molar-refractivity contribution in [2.75, 3.05) is 5.73 Å². The molecular weight excluding hydrogens is 340 g/mol. The van der Waals surface area contributed by atoms with Crippen LogP contribution in [0.3, 0.4) is 0 Å². The number of benzene rings is 1. The predicted molar refractivity (Wildman–Crippen MR) is 108 cm³/mol. The molecule has 3 N–H and O–H groups in total. The van der Waals surface area contributed by atoms with Crippen molar-refractivity contribution >= 4 is 22.6 Å². The van der Waals surface area contributed by atoms with E-state index in [4.69, 9.17) is 10.5 Å². The topological polar surface area (TPSA) is 85.4 Å². The minimum absolute atomic E-state index is 0.0949. The van der Waals surface area contributed by atoms with Crippen LogP contribution < -0.4 is 10.5 Å². The molecule has 1 fully saturated rings. The van der Waals surface area contributed by atoms with Gasteiger partial charge in [-0.05, 0) is 55.6 Å². The number of aromatic nitrogens is 1. The number of aryl methyl sites for hydroxylation is 1. The number of carboxylic acids is 1. The van der Waals surface area contributed by atoms with Gasteiger partial charge < -0.3 is 15.6 Å². The van der Waals surface area contributed by atoms with Crippen LogP contribution in [-0.4, -0.2) is 22.2 Å². The molecule has 3 rings (SSSR count). The summed E-state index contributed by atoms with van der Waals surface area (Å²) < 4.78 is 6.31. The molecule has 0 unspecified atom stereocenters. The average molecular weight is 370 g/mol. The van der Waals surface area contributed by atoms with Crippen LogP contribution in [0.4, 0.5) is 5.69 Å². The number of carboxylic acid groups (broad SMARTS) is 1. The Kier molecular flexibility index (Phi) is 5.31. The van der Waals surface area contributed by atoms with Crippen molar-refractivity contribution in [3.05, 3.63) is 29.5 Å². The maximum atomic E-state index is 11.7. The second-order valence-corrected chi connectivity index (χ2v) is 8.61. The number of rotatable bonds is 4. The van der Waals surface area contributed by atoms with Gasteiger partial charge in [0.05, 0.1) is 28.4 Å². The molecule has 1 aliphatic rings. The highest BCUT2D eigenvalue weighted by atomic mass is 16.5. The van der Waals surface area contributed by atoms with E-state index in [1.54, 1.807) is 0 Å². The zero-order valence-electron chi connectivity index (χ0n) is 16.7. The lowest BCUT2D eigenvalue weighted by molar-refractivity contribution is 0.0696. The molecule has 1 saturated carbocycles. The Hall–Kier alpha value is -2.30. The molecule has 0 radical (unpaired) electrons. The fourth-order valence-electron chi connectivity index (χ4n) is 4.18. The lowest BCUT2D eigenvalue weighted by Crippen LogP contribution is -2.30. The molecule has 1 heterocycles. The summed E-state index contributed by atoms with van der Waals surface area (Å²) in [6.07, 6.45) is 4.95. The number of nitrogens with two attached hydrogens (primary N) is 1. The predicted octanol–water partition coefficient (Wildman–Crippen LogP) is 5.06. The normalized spacial score (nSPS) is 20.6. The average Bonchev–Trinajstić information content (AvgIpc) is 2.60. The quantitative estimate of drug-likeness (QED) is 0.785. The minimum atomic E-state index is -1.04. The molecule has 0 atom stereocenters. The highest BCUT2D eigenvalue weighted by molar-refractivity contribution is 6.06. The smallest absolute Gasteiger partial charge is 0.339 e. The highest BCUT2D eigenvalue weighted by Crippen LogP contribution is 2.40. The molecule has 1 aromatic carbocycles. The molecule has 0 saturated heterocycles. The van der Waals surface area contributed by atoms with Crippen molar-refractivity contribution in [1.82, 2.24) is 4.98 Å². The van der Waals surface area contributed by atoms with E-state index in [1.165, 1.54) is 0 Å². The van der Waals surface area contributed by atoms with E-state index in [0.29, 0.717) is 40.1 Å². The summed E-state index contributed by atoms with van der Waals surface area (Å²) >= 11 is 0. The van der Waals surface area contributed by atoms with Crippen LogP contribution in [0.25, 0.3) is 10.9 Å². The van der Waals surface area contributed by atoms with E-state index in [2.05, 4.69) is 25.8 Å². The summed E-state index contributed by atoms with van der Waals surface area (Å²) in [4.78, 5) is 16.2. The van der Waals surface area contributed by atoms with Crippen LogP contribution >= 0.6 is 0 Å². The van der Waals surface area contributed by atoms with Gasteiger partial charge in [-0.2, -0.15) is 0 Å². The monoisotopic (exact) mass is 370 g/mol. The molecule has 5 heteroatoms. The Bertz CT molecular complexity index is 847. The van der Waals surface area contributed by atoms with Gasteiger partial charge in [0.15, 0.2) is 0 Å². The Morgan fingerprint density at radius 3 is 2.48 bits per heavy atom. The van der Waals surface area contributed by atoms with Crippen molar-refractivity contribution in [1.29, 1.82) is 0 Å². The van der Waals surface area contributed by atoms with Crippen molar-refractivity contribution in [2.45, 2.75) is 65.9 Å². The van der Waals surface area contributed by atoms with Gasteiger partial charge in [0, 0.05) is 0 Å². The number of hydrogen-bond acceptors (Lipinski definition) is 4. The van der Waals surface area contributed by atoms with Crippen LogP contribution in [0.5, 0.6) is 5.75 Å². The lowest BCUT2D eigenvalue weighted by Gasteiger charge is -2.37. The maximum Gasteiger partial charge on any atom is 0.339 e. The summed E-state index contributed by atoms with van der Waals surface area (Å²) in [7, 11) is 0. The molecule has 0 amide bonds. The molecule has 27 heavy (non-hydrogen) atoms. The standard InChI is InChI=1S/C22H30N2O3/c1-5-15-19(21(25)26)20(23)18-16(24-15)7-6-8-17(18)27-14-11-9-13(10-12-14)22(2,3)4/h6-8,13-14H,5,9-12H2,1-4H3,(H2,23,24)(H,25,26)/t13-,14-. The van der Waals surface area contributed by atoms with Gasteiger partial charge in [-0.1, -0.05) is 33.8 Å². The van der Waals surface area contributed by atoms with Gasteiger partial charge in [-0.15, -0.1) is 0 Å². The Morgan fingerprint density at radius 2 is 1.93 bits per heavy atom. The zero-order chi connectivity index (χ0) is 19.8. The number of nitrogen functional groups attached to an aromatic ring is 1. The van der Waals surface area contributed by atoms with E-state index in [-0.39, 0.29) is 17.4 Å². The number of pyridine rings is 1. The third kappa shape index (κ3) is 3.87. The molecule has 1 aliphatic carbocycles. The third-order valence-corrected chi connectivity index (χ3v) is 5.83. The zero-order valence-corrected chi connectivity index (χ0v) is 16.7. The third-order valence-electron chi connectivity index (χ3n) is 5.83.